The second-order valence-electron chi connectivity index (χ2n) is 6.04. The minimum absolute atomic E-state index is 0.0252. The molecule has 0 aliphatic heterocycles. The highest BCUT2D eigenvalue weighted by atomic mass is 32.2. The summed E-state index contributed by atoms with van der Waals surface area (Å²) < 4.78 is 17.1. The van der Waals surface area contributed by atoms with Crippen molar-refractivity contribution in [3.05, 3.63) is 59.7 Å². The molecule has 0 saturated carbocycles. The Morgan fingerprint density at radius 3 is 2.12 bits per heavy atom. The third-order valence-corrected chi connectivity index (χ3v) is 5.19. The van der Waals surface area contributed by atoms with Crippen LogP contribution in [0.2, 0.25) is 0 Å². The summed E-state index contributed by atoms with van der Waals surface area (Å²) in [5.41, 5.74) is 1.50. The van der Waals surface area contributed by atoms with Gasteiger partial charge in [-0.2, -0.15) is 0 Å². The Morgan fingerprint density at radius 1 is 1.00 bits per heavy atom. The molecule has 138 valence electrons. The predicted molar refractivity (Wildman–Crippen MR) is 103 cm³/mol. The number of ether oxygens (including phenoxy) is 1. The molecule has 1 N–H and O–H groups in total. The Balaban J connectivity index is 2.01. The first-order valence-corrected chi connectivity index (χ1v) is 9.73. The van der Waals surface area contributed by atoms with Gasteiger partial charge in [-0.15, -0.1) is 0 Å². The molecule has 5 nitrogen and oxygen atoms in total. The van der Waals surface area contributed by atoms with Gasteiger partial charge in [0.15, 0.2) is 0 Å². The van der Waals surface area contributed by atoms with Crippen LogP contribution in [0.5, 0.6) is 0 Å². The van der Waals surface area contributed by atoms with Gasteiger partial charge in [0.05, 0.1) is 23.0 Å². The molecule has 0 aliphatic carbocycles. The molecular weight excluding hydrogens is 350 g/mol. The zero-order chi connectivity index (χ0) is 19.1. The Morgan fingerprint density at radius 2 is 1.58 bits per heavy atom. The van der Waals surface area contributed by atoms with Crippen molar-refractivity contribution >= 4 is 28.4 Å². The van der Waals surface area contributed by atoms with Crippen LogP contribution in [0.3, 0.4) is 0 Å². The average Bonchev–Trinajstić information content (AvgIpc) is 2.66. The van der Waals surface area contributed by atoms with Crippen LogP contribution < -0.4 is 5.32 Å². The molecule has 0 saturated heterocycles. The molecule has 26 heavy (non-hydrogen) atoms. The van der Waals surface area contributed by atoms with Crippen LogP contribution in [-0.2, 0) is 15.5 Å². The minimum atomic E-state index is -1.08. The van der Waals surface area contributed by atoms with Gasteiger partial charge in [-0.1, -0.05) is 20.8 Å². The number of esters is 1. The number of amides is 1. The van der Waals surface area contributed by atoms with Crippen LogP contribution in [-0.4, -0.2) is 27.9 Å². The van der Waals surface area contributed by atoms with Gasteiger partial charge >= 0.3 is 5.97 Å². The van der Waals surface area contributed by atoms with Crippen molar-refractivity contribution in [2.45, 2.75) is 37.3 Å². The Hall–Kier alpha value is -2.47. The highest BCUT2D eigenvalue weighted by Gasteiger charge is 2.11. The van der Waals surface area contributed by atoms with Crippen LogP contribution in [0.25, 0.3) is 0 Å². The SMILES string of the molecule is CCCOC(=O)c1ccc(NC(=O)c2ccc([S@](=O)C(C)C)cc2)cc1. The summed E-state index contributed by atoms with van der Waals surface area (Å²) in [4.78, 5) is 24.8. The number of benzene rings is 2. The van der Waals surface area contributed by atoms with E-state index in [0.717, 1.165) is 6.42 Å². The van der Waals surface area contributed by atoms with Crippen LogP contribution >= 0.6 is 0 Å². The summed E-state index contributed by atoms with van der Waals surface area (Å²) in [6.45, 7) is 6.09. The highest BCUT2D eigenvalue weighted by molar-refractivity contribution is 7.85. The molecule has 0 heterocycles. The van der Waals surface area contributed by atoms with Crippen molar-refractivity contribution in [3.8, 4) is 0 Å². The fourth-order valence-electron chi connectivity index (χ4n) is 2.18. The molecule has 1 amide bonds. The highest BCUT2D eigenvalue weighted by Crippen LogP contribution is 2.15. The van der Waals surface area contributed by atoms with E-state index in [0.29, 0.717) is 28.3 Å². The summed E-state index contributed by atoms with van der Waals surface area (Å²) in [6.07, 6.45) is 0.767. The maximum atomic E-state index is 12.3. The van der Waals surface area contributed by atoms with E-state index in [9.17, 15) is 13.8 Å². The third-order valence-electron chi connectivity index (χ3n) is 3.59. The lowest BCUT2D eigenvalue weighted by atomic mass is 10.2. The summed E-state index contributed by atoms with van der Waals surface area (Å²) in [5.74, 6) is -0.647. The first kappa shape index (κ1) is 19.8. The number of hydrogen-bond acceptors (Lipinski definition) is 4. The molecule has 2 rings (SSSR count). The maximum Gasteiger partial charge on any atom is 0.338 e. The van der Waals surface area contributed by atoms with Crippen molar-refractivity contribution in [1.82, 2.24) is 0 Å². The fraction of sp³-hybridized carbons (Fsp3) is 0.300. The Kier molecular flexibility index (Phi) is 7.09. The summed E-state index contributed by atoms with van der Waals surface area (Å²) in [5, 5.41) is 2.80. The normalized spacial score (nSPS) is 11.8. The molecule has 0 bridgehead atoms. The van der Waals surface area contributed by atoms with E-state index in [2.05, 4.69) is 5.32 Å². The van der Waals surface area contributed by atoms with Gasteiger partial charge in [0.2, 0.25) is 0 Å². The topological polar surface area (TPSA) is 72.5 Å². The van der Waals surface area contributed by atoms with Gasteiger partial charge in [0.25, 0.3) is 5.91 Å². The lowest BCUT2D eigenvalue weighted by Gasteiger charge is -2.08. The van der Waals surface area contributed by atoms with Crippen LogP contribution in [0, 0.1) is 0 Å². The quantitative estimate of drug-likeness (QED) is 0.744. The third kappa shape index (κ3) is 5.26. The number of carbonyl (C=O) groups excluding carboxylic acids is 2. The fourth-order valence-corrected chi connectivity index (χ4v) is 3.13. The first-order valence-electron chi connectivity index (χ1n) is 8.51. The van der Waals surface area contributed by atoms with E-state index < -0.39 is 10.8 Å². The van der Waals surface area contributed by atoms with Crippen molar-refractivity contribution < 1.29 is 18.5 Å². The van der Waals surface area contributed by atoms with Gasteiger partial charge in [-0.05, 0) is 55.0 Å². The van der Waals surface area contributed by atoms with E-state index in [1.807, 2.05) is 20.8 Å². The Bertz CT molecular complexity index is 782. The van der Waals surface area contributed by atoms with Gasteiger partial charge in [0, 0.05) is 21.4 Å². The number of hydrogen-bond donors (Lipinski definition) is 1. The smallest absolute Gasteiger partial charge is 0.338 e. The summed E-state index contributed by atoms with van der Waals surface area (Å²) >= 11 is 0. The zero-order valence-electron chi connectivity index (χ0n) is 15.2. The van der Waals surface area contributed by atoms with Crippen molar-refractivity contribution in [2.24, 2.45) is 0 Å². The number of anilines is 1. The van der Waals surface area contributed by atoms with Gasteiger partial charge < -0.3 is 10.1 Å². The molecule has 0 aromatic heterocycles. The zero-order valence-corrected chi connectivity index (χ0v) is 16.0. The van der Waals surface area contributed by atoms with Crippen LogP contribution in [0.15, 0.2) is 53.4 Å². The largest absolute Gasteiger partial charge is 0.462 e. The molecule has 2 aromatic rings. The van der Waals surface area contributed by atoms with Gasteiger partial charge in [0.1, 0.15) is 0 Å². The van der Waals surface area contributed by atoms with E-state index in [1.165, 1.54) is 0 Å². The second-order valence-corrected chi connectivity index (χ2v) is 8.05. The summed E-state index contributed by atoms with van der Waals surface area (Å²) in [6, 6.07) is 13.3. The van der Waals surface area contributed by atoms with Crippen LogP contribution in [0.4, 0.5) is 5.69 Å². The lowest BCUT2D eigenvalue weighted by Crippen LogP contribution is -2.13. The molecule has 6 heteroatoms. The standard InChI is InChI=1S/C20H23NO4S/c1-4-13-25-20(23)16-5-9-17(10-6-16)21-19(22)15-7-11-18(12-8-15)26(24)14(2)3/h5-12,14H,4,13H2,1-3H3,(H,21,22)/t26-/m1/s1. The molecule has 0 radical (unpaired) electrons. The predicted octanol–water partition coefficient (Wildman–Crippen LogP) is 4.02. The van der Waals surface area contributed by atoms with E-state index in [4.69, 9.17) is 4.74 Å². The van der Waals surface area contributed by atoms with Gasteiger partial charge in [-0.25, -0.2) is 4.79 Å². The molecule has 0 spiro atoms. The number of rotatable bonds is 7. The molecule has 0 unspecified atom stereocenters. The number of carbonyl (C=O) groups is 2. The molecule has 0 fully saturated rings. The molecular formula is C20H23NO4S. The van der Waals surface area contributed by atoms with E-state index >= 15 is 0 Å². The molecule has 2 aromatic carbocycles. The molecule has 1 atom stereocenters. The monoisotopic (exact) mass is 373 g/mol. The van der Waals surface area contributed by atoms with E-state index in [1.54, 1.807) is 48.5 Å². The van der Waals surface area contributed by atoms with Crippen LogP contribution in [0.1, 0.15) is 47.9 Å². The van der Waals surface area contributed by atoms with E-state index in [-0.39, 0.29) is 17.1 Å². The number of nitrogens with one attached hydrogen (secondary N) is 1. The Labute approximate surface area is 156 Å². The maximum absolute atomic E-state index is 12.3. The molecule has 0 aliphatic rings. The lowest BCUT2D eigenvalue weighted by molar-refractivity contribution is 0.0505. The minimum Gasteiger partial charge on any atom is -0.462 e. The van der Waals surface area contributed by atoms with Crippen molar-refractivity contribution in [2.75, 3.05) is 11.9 Å². The van der Waals surface area contributed by atoms with Gasteiger partial charge in [-0.3, -0.25) is 9.00 Å². The summed E-state index contributed by atoms with van der Waals surface area (Å²) in [7, 11) is -1.08. The van der Waals surface area contributed by atoms with Crippen molar-refractivity contribution in [1.29, 1.82) is 0 Å². The average molecular weight is 373 g/mol. The second kappa shape index (κ2) is 9.29. The van der Waals surface area contributed by atoms with Crippen molar-refractivity contribution in [3.63, 3.8) is 0 Å². The first-order chi connectivity index (χ1) is 12.4.